The Hall–Kier alpha value is -2.64. The Morgan fingerprint density at radius 3 is 3.06 bits per heavy atom. The predicted molar refractivity (Wildman–Crippen MR) is 133 cm³/mol. The lowest BCUT2D eigenvalue weighted by atomic mass is 9.94. The number of carbonyl (C=O) groups excluding carboxylic acids is 1. The van der Waals surface area contributed by atoms with Crippen molar-refractivity contribution < 1.29 is 14.3 Å². The zero-order chi connectivity index (χ0) is 23.1. The first-order valence-electron chi connectivity index (χ1n) is 12.8. The van der Waals surface area contributed by atoms with E-state index in [0.717, 1.165) is 61.8 Å². The SMILES string of the molecule is CCO[C@@H]1CC[C@H](C(=O)N2Cc3cccnc3Nc3ccc(N4CC5CC[C@H]4COC5)cc32)C1. The van der Waals surface area contributed by atoms with Crippen molar-refractivity contribution in [2.45, 2.75) is 57.7 Å². The van der Waals surface area contributed by atoms with Crippen LogP contribution in [0, 0.1) is 11.8 Å². The summed E-state index contributed by atoms with van der Waals surface area (Å²) in [7, 11) is 0. The molecule has 5 aliphatic rings. The number of aromatic nitrogens is 1. The number of hydrogen-bond donors (Lipinski definition) is 1. The van der Waals surface area contributed by atoms with Crippen LogP contribution in [0.3, 0.4) is 0 Å². The highest BCUT2D eigenvalue weighted by Gasteiger charge is 2.37. The van der Waals surface area contributed by atoms with Crippen LogP contribution in [0.1, 0.15) is 44.6 Å². The van der Waals surface area contributed by atoms with Crippen molar-refractivity contribution in [3.63, 3.8) is 0 Å². The van der Waals surface area contributed by atoms with Gasteiger partial charge in [0.15, 0.2) is 0 Å². The van der Waals surface area contributed by atoms with E-state index < -0.39 is 0 Å². The maximum absolute atomic E-state index is 13.9. The highest BCUT2D eigenvalue weighted by Crippen LogP contribution is 2.41. The number of pyridine rings is 1. The number of rotatable bonds is 4. The first kappa shape index (κ1) is 21.9. The molecule has 1 amide bonds. The Morgan fingerprint density at radius 2 is 2.15 bits per heavy atom. The van der Waals surface area contributed by atoms with Crippen molar-refractivity contribution in [1.29, 1.82) is 0 Å². The fourth-order valence-corrected chi connectivity index (χ4v) is 6.16. The van der Waals surface area contributed by atoms with Gasteiger partial charge in [-0.3, -0.25) is 4.79 Å². The highest BCUT2D eigenvalue weighted by molar-refractivity contribution is 6.00. The molecule has 1 aromatic heterocycles. The molecule has 7 nitrogen and oxygen atoms in total. The van der Waals surface area contributed by atoms with Gasteiger partial charge in [0.2, 0.25) is 5.91 Å². The lowest BCUT2D eigenvalue weighted by Crippen LogP contribution is -2.43. The van der Waals surface area contributed by atoms with Crippen molar-refractivity contribution in [2.75, 3.05) is 41.5 Å². The van der Waals surface area contributed by atoms with Crippen LogP contribution >= 0.6 is 0 Å². The van der Waals surface area contributed by atoms with Crippen LogP contribution in [-0.2, 0) is 20.8 Å². The Morgan fingerprint density at radius 1 is 1.21 bits per heavy atom. The summed E-state index contributed by atoms with van der Waals surface area (Å²) in [5, 5.41) is 3.51. The first-order chi connectivity index (χ1) is 16.7. The number of piperidine rings is 1. The van der Waals surface area contributed by atoms with Gasteiger partial charge < -0.3 is 24.6 Å². The monoisotopic (exact) mass is 462 g/mol. The summed E-state index contributed by atoms with van der Waals surface area (Å²) in [6.07, 6.45) is 7.04. The number of benzene rings is 1. The number of fused-ring (bicyclic) bond motifs is 6. The molecule has 0 spiro atoms. The summed E-state index contributed by atoms with van der Waals surface area (Å²) in [5.41, 5.74) is 4.10. The molecule has 4 fully saturated rings. The molecule has 4 atom stereocenters. The third-order valence-electron chi connectivity index (χ3n) is 7.95. The third-order valence-corrected chi connectivity index (χ3v) is 7.95. The quantitative estimate of drug-likeness (QED) is 0.722. The normalized spacial score (nSPS) is 28.0. The molecular weight excluding hydrogens is 428 g/mol. The molecule has 4 aliphatic heterocycles. The first-order valence-corrected chi connectivity index (χ1v) is 12.8. The molecule has 0 radical (unpaired) electrons. The number of amides is 1. The van der Waals surface area contributed by atoms with Gasteiger partial charge in [0.25, 0.3) is 0 Å². The van der Waals surface area contributed by atoms with E-state index in [-0.39, 0.29) is 17.9 Å². The fraction of sp³-hybridized carbons (Fsp3) is 0.556. The summed E-state index contributed by atoms with van der Waals surface area (Å²) in [6.45, 7) is 5.91. The van der Waals surface area contributed by atoms with Crippen LogP contribution in [0.5, 0.6) is 0 Å². The molecule has 1 aromatic carbocycles. The smallest absolute Gasteiger partial charge is 0.230 e. The van der Waals surface area contributed by atoms with Gasteiger partial charge in [-0.2, -0.15) is 0 Å². The van der Waals surface area contributed by atoms with Crippen molar-refractivity contribution in [2.24, 2.45) is 11.8 Å². The standard InChI is InChI=1S/C27H34N4O3/c1-2-34-23-9-6-19(12-23)27(32)31-15-20-4-3-11-28-26(20)29-24-10-8-21(13-25(24)31)30-14-18-5-7-22(30)17-33-16-18/h3-4,8,10-11,13,18-19,22-23H,2,5-7,9,12,14-17H2,1H3,(H,28,29)/t18?,19-,22-,23+/m0/s1. The number of carbonyl (C=O) groups is 1. The van der Waals surface area contributed by atoms with E-state index in [1.54, 1.807) is 6.20 Å². The average molecular weight is 463 g/mol. The minimum atomic E-state index is -0.00567. The molecule has 5 heterocycles. The zero-order valence-corrected chi connectivity index (χ0v) is 19.9. The van der Waals surface area contributed by atoms with Gasteiger partial charge in [0.1, 0.15) is 5.82 Å². The van der Waals surface area contributed by atoms with Gasteiger partial charge in [-0.15, -0.1) is 0 Å². The molecule has 1 N–H and O–H groups in total. The minimum Gasteiger partial charge on any atom is -0.379 e. The topological polar surface area (TPSA) is 66.9 Å². The predicted octanol–water partition coefficient (Wildman–Crippen LogP) is 4.49. The van der Waals surface area contributed by atoms with Crippen LogP contribution in [0.25, 0.3) is 0 Å². The van der Waals surface area contributed by atoms with Crippen molar-refractivity contribution in [3.8, 4) is 0 Å². The second-order valence-corrected chi connectivity index (χ2v) is 10.1. The number of ether oxygens (including phenoxy) is 2. The zero-order valence-electron chi connectivity index (χ0n) is 19.9. The summed E-state index contributed by atoms with van der Waals surface area (Å²) in [5.74, 6) is 1.59. The Bertz CT molecular complexity index is 1060. The fourth-order valence-electron chi connectivity index (χ4n) is 6.16. The second-order valence-electron chi connectivity index (χ2n) is 10.1. The summed E-state index contributed by atoms with van der Waals surface area (Å²) < 4.78 is 11.8. The van der Waals surface area contributed by atoms with E-state index >= 15 is 0 Å². The van der Waals surface area contributed by atoms with Crippen molar-refractivity contribution in [1.82, 2.24) is 4.98 Å². The lowest BCUT2D eigenvalue weighted by Gasteiger charge is -2.38. The van der Waals surface area contributed by atoms with Gasteiger partial charge in [0.05, 0.1) is 43.3 Å². The van der Waals surface area contributed by atoms with E-state index in [9.17, 15) is 4.79 Å². The number of nitrogens with one attached hydrogen (secondary N) is 1. The maximum Gasteiger partial charge on any atom is 0.230 e. The molecule has 2 bridgehead atoms. The second kappa shape index (κ2) is 9.19. The van der Waals surface area contributed by atoms with E-state index in [4.69, 9.17) is 9.47 Å². The van der Waals surface area contributed by atoms with E-state index in [1.807, 2.05) is 17.9 Å². The van der Waals surface area contributed by atoms with Gasteiger partial charge in [-0.05, 0) is 69.2 Å². The van der Waals surface area contributed by atoms with Crippen LogP contribution in [0.15, 0.2) is 36.5 Å². The van der Waals surface area contributed by atoms with Crippen molar-refractivity contribution in [3.05, 3.63) is 42.1 Å². The van der Waals surface area contributed by atoms with Gasteiger partial charge in [-0.25, -0.2) is 4.98 Å². The third kappa shape index (κ3) is 4.05. The van der Waals surface area contributed by atoms with E-state index in [1.165, 1.54) is 18.5 Å². The van der Waals surface area contributed by atoms with Crippen LogP contribution < -0.4 is 15.1 Å². The van der Waals surface area contributed by atoms with Crippen LogP contribution in [0.2, 0.25) is 0 Å². The average Bonchev–Trinajstić information content (AvgIpc) is 3.01. The number of hydrogen-bond acceptors (Lipinski definition) is 6. The summed E-state index contributed by atoms with van der Waals surface area (Å²) >= 11 is 0. The Kier molecular flexibility index (Phi) is 5.91. The largest absolute Gasteiger partial charge is 0.379 e. The molecule has 34 heavy (non-hydrogen) atoms. The number of nitrogens with zero attached hydrogens (tertiary/aromatic N) is 3. The van der Waals surface area contributed by atoms with E-state index in [2.05, 4.69) is 39.5 Å². The van der Waals surface area contributed by atoms with Crippen LogP contribution in [0.4, 0.5) is 22.9 Å². The Labute approximate surface area is 201 Å². The molecule has 7 rings (SSSR count). The number of anilines is 4. The Balaban J connectivity index is 1.36. The highest BCUT2D eigenvalue weighted by atomic mass is 16.5. The summed E-state index contributed by atoms with van der Waals surface area (Å²) in [6, 6.07) is 10.9. The van der Waals surface area contributed by atoms with Crippen molar-refractivity contribution >= 4 is 28.8 Å². The summed E-state index contributed by atoms with van der Waals surface area (Å²) in [4.78, 5) is 23.0. The molecule has 1 saturated carbocycles. The van der Waals surface area contributed by atoms with Gasteiger partial charge >= 0.3 is 0 Å². The maximum atomic E-state index is 13.9. The van der Waals surface area contributed by atoms with Gasteiger partial charge in [-0.1, -0.05) is 6.07 Å². The van der Waals surface area contributed by atoms with Gasteiger partial charge in [0, 0.05) is 36.5 Å². The molecule has 3 saturated heterocycles. The van der Waals surface area contributed by atoms with Crippen LogP contribution in [-0.4, -0.2) is 49.4 Å². The molecule has 180 valence electrons. The lowest BCUT2D eigenvalue weighted by molar-refractivity contribution is -0.122. The van der Waals surface area contributed by atoms with E-state index in [0.29, 0.717) is 25.1 Å². The minimum absolute atomic E-state index is 0.00567. The molecular formula is C27H34N4O3. The molecule has 1 unspecified atom stereocenters. The molecule has 1 aliphatic carbocycles. The molecule has 2 aromatic rings. The molecule has 7 heteroatoms.